The van der Waals surface area contributed by atoms with Gasteiger partial charge in [0.15, 0.2) is 5.78 Å². The van der Waals surface area contributed by atoms with Gasteiger partial charge < -0.3 is 24.5 Å². The molecule has 0 aliphatic carbocycles. The summed E-state index contributed by atoms with van der Waals surface area (Å²) >= 11 is 0. The van der Waals surface area contributed by atoms with Gasteiger partial charge in [-0.2, -0.15) is 0 Å². The number of phenolic OH excluding ortho intramolecular Hbond substituents is 1. The van der Waals surface area contributed by atoms with Crippen LogP contribution in [0.5, 0.6) is 5.75 Å². The molecular weight excluding hydrogens is 447 g/mol. The van der Waals surface area contributed by atoms with Crippen molar-refractivity contribution in [1.82, 2.24) is 9.88 Å². The number of hydrogen-bond donors (Lipinski definition) is 2. The van der Waals surface area contributed by atoms with Crippen LogP contribution < -0.4 is 5.46 Å². The first-order valence-electron chi connectivity index (χ1n) is 11.1. The third kappa shape index (κ3) is 3.19. The maximum absolute atomic E-state index is 13.6. The Kier molecular flexibility index (Phi) is 5.27. The lowest BCUT2D eigenvalue weighted by Gasteiger charge is -2.46. The van der Waals surface area contributed by atoms with Crippen LogP contribution >= 0.6 is 0 Å². The average molecular weight is 470 g/mol. The van der Waals surface area contributed by atoms with Crippen molar-refractivity contribution in [3.05, 3.63) is 82.7 Å². The normalized spacial score (nSPS) is 18.7. The molecule has 0 amide bonds. The minimum Gasteiger partial charge on any atom is -0.507 e. The van der Waals surface area contributed by atoms with Crippen molar-refractivity contribution < 1.29 is 29.0 Å². The molecule has 3 heterocycles. The summed E-state index contributed by atoms with van der Waals surface area (Å²) in [5.74, 6) is -2.09. The lowest BCUT2D eigenvalue weighted by Crippen LogP contribution is -2.58. The molecule has 8 nitrogen and oxygen atoms in total. The highest BCUT2D eigenvalue weighted by molar-refractivity contribution is 6.33. The summed E-state index contributed by atoms with van der Waals surface area (Å²) in [7, 11) is 4.29. The molecule has 35 heavy (non-hydrogen) atoms. The molecule has 2 aromatic carbocycles. The molecule has 0 spiro atoms. The fourth-order valence-electron chi connectivity index (χ4n) is 5.13. The van der Waals surface area contributed by atoms with E-state index in [9.17, 15) is 19.5 Å². The van der Waals surface area contributed by atoms with Crippen LogP contribution in [-0.4, -0.2) is 61.3 Å². The summed E-state index contributed by atoms with van der Waals surface area (Å²) in [6.45, 7) is 0.342. The number of allylic oxidation sites excluding steroid dienone is 2. The second-order valence-electron chi connectivity index (χ2n) is 8.65. The molecule has 1 unspecified atom stereocenters. The van der Waals surface area contributed by atoms with Gasteiger partial charge in [0.1, 0.15) is 13.6 Å². The van der Waals surface area contributed by atoms with Crippen molar-refractivity contribution in [1.29, 1.82) is 0 Å². The summed E-state index contributed by atoms with van der Waals surface area (Å²) < 4.78 is 10.3. The van der Waals surface area contributed by atoms with Crippen molar-refractivity contribution in [3.8, 4) is 5.75 Å². The Morgan fingerprint density at radius 2 is 1.89 bits per heavy atom. The van der Waals surface area contributed by atoms with Gasteiger partial charge in [0.2, 0.25) is 5.54 Å². The number of aromatic amines is 1. The number of fused-ring (bicyclic) bond motifs is 5. The highest BCUT2D eigenvalue weighted by atomic mass is 16.5. The lowest BCUT2D eigenvalue weighted by atomic mass is 9.75. The number of H-pyrrole nitrogens is 1. The number of esters is 2. The first kappa shape index (κ1) is 22.5. The first-order chi connectivity index (χ1) is 16.8. The van der Waals surface area contributed by atoms with Crippen LogP contribution in [0.1, 0.15) is 21.6 Å². The quantitative estimate of drug-likeness (QED) is 0.336. The summed E-state index contributed by atoms with van der Waals surface area (Å²) in [4.78, 5) is 45.2. The van der Waals surface area contributed by atoms with Crippen LogP contribution in [0.4, 0.5) is 0 Å². The predicted molar refractivity (Wildman–Crippen MR) is 131 cm³/mol. The van der Waals surface area contributed by atoms with E-state index < -0.39 is 23.3 Å². The van der Waals surface area contributed by atoms with E-state index in [4.69, 9.17) is 9.47 Å². The van der Waals surface area contributed by atoms with Crippen LogP contribution in [0.2, 0.25) is 0 Å². The Labute approximate surface area is 202 Å². The number of para-hydroxylation sites is 1. The standard InChI is InChI=1S/C26H23BN2O6/c1-34-24(32)19-11-14(22(31)18-12-15(27)7-8-21(18)30)13-29-10-9-17-16-5-3-4-6-20(16)28-23(17)26(19,29)25(33)35-2/h3-8,11-13,28,30H,9-10,27H2,1-2H3. The van der Waals surface area contributed by atoms with Gasteiger partial charge in [-0.05, 0) is 30.2 Å². The fourth-order valence-corrected chi connectivity index (χ4v) is 5.13. The third-order valence-electron chi connectivity index (χ3n) is 6.74. The summed E-state index contributed by atoms with van der Waals surface area (Å²) in [5, 5.41) is 11.3. The molecular formula is C26H23BN2O6. The van der Waals surface area contributed by atoms with E-state index in [0.29, 0.717) is 18.7 Å². The Morgan fingerprint density at radius 1 is 1.11 bits per heavy atom. The molecule has 1 aromatic heterocycles. The molecule has 9 heteroatoms. The van der Waals surface area contributed by atoms with E-state index in [0.717, 1.165) is 21.9 Å². The number of carbonyl (C=O) groups excluding carboxylic acids is 3. The van der Waals surface area contributed by atoms with E-state index in [-0.39, 0.29) is 22.5 Å². The number of nitrogens with one attached hydrogen (secondary N) is 1. The van der Waals surface area contributed by atoms with Gasteiger partial charge in [-0.1, -0.05) is 35.8 Å². The SMILES string of the molecule is Bc1ccc(O)c(C(=O)C2=CN3CCc4c([nH]c5ccccc45)C3(C(=O)OC)C(C(=O)OC)=C2)c1. The number of ketones is 1. The number of aromatic hydroxyl groups is 1. The molecule has 176 valence electrons. The zero-order valence-corrected chi connectivity index (χ0v) is 19.5. The molecule has 1 atom stereocenters. The van der Waals surface area contributed by atoms with Gasteiger partial charge in [-0.3, -0.25) is 4.79 Å². The van der Waals surface area contributed by atoms with Crippen LogP contribution in [0, 0.1) is 0 Å². The summed E-state index contributed by atoms with van der Waals surface area (Å²) in [6, 6.07) is 12.4. The van der Waals surface area contributed by atoms with Crippen molar-refractivity contribution in [2.75, 3.05) is 20.8 Å². The van der Waals surface area contributed by atoms with Crippen molar-refractivity contribution in [2.24, 2.45) is 0 Å². The number of ether oxygens (including phenoxy) is 2. The zero-order chi connectivity index (χ0) is 24.9. The maximum atomic E-state index is 13.6. The topological polar surface area (TPSA) is 109 Å². The van der Waals surface area contributed by atoms with Crippen LogP contribution in [-0.2, 0) is 31.0 Å². The number of carbonyl (C=O) groups is 3. The molecule has 5 rings (SSSR count). The van der Waals surface area contributed by atoms with Gasteiger partial charge >= 0.3 is 11.9 Å². The van der Waals surface area contributed by atoms with Crippen LogP contribution in [0.25, 0.3) is 10.9 Å². The number of hydrogen-bond acceptors (Lipinski definition) is 7. The van der Waals surface area contributed by atoms with Crippen molar-refractivity contribution in [2.45, 2.75) is 12.0 Å². The van der Waals surface area contributed by atoms with E-state index in [1.807, 2.05) is 32.1 Å². The Hall–Kier alpha value is -4.27. The number of phenols is 1. The summed E-state index contributed by atoms with van der Waals surface area (Å²) in [6.07, 6.45) is 3.49. The van der Waals surface area contributed by atoms with Crippen LogP contribution in [0.15, 0.2) is 65.9 Å². The Bertz CT molecular complexity index is 1470. The molecule has 0 bridgehead atoms. The van der Waals surface area contributed by atoms with E-state index in [1.165, 1.54) is 26.4 Å². The first-order valence-corrected chi connectivity index (χ1v) is 11.1. The highest BCUT2D eigenvalue weighted by Gasteiger charge is 2.58. The predicted octanol–water partition coefficient (Wildman–Crippen LogP) is 1.24. The number of methoxy groups -OCH3 is 2. The minimum atomic E-state index is -1.66. The van der Waals surface area contributed by atoms with E-state index in [2.05, 4.69) is 4.98 Å². The highest BCUT2D eigenvalue weighted by Crippen LogP contribution is 2.47. The summed E-state index contributed by atoms with van der Waals surface area (Å²) in [5.41, 5.74) is 1.57. The molecule has 0 saturated heterocycles. The molecule has 3 aromatic rings. The Balaban J connectivity index is 1.76. The lowest BCUT2D eigenvalue weighted by molar-refractivity contribution is -0.156. The number of Topliss-reactive ketones (excluding diaryl/α,β-unsaturated/α-hetero) is 1. The van der Waals surface area contributed by atoms with Gasteiger partial charge in [0.05, 0.1) is 31.1 Å². The van der Waals surface area contributed by atoms with Gasteiger partial charge in [-0.25, -0.2) is 9.59 Å². The number of aromatic nitrogens is 1. The number of rotatable bonds is 4. The second-order valence-corrected chi connectivity index (χ2v) is 8.65. The largest absolute Gasteiger partial charge is 0.507 e. The smallest absolute Gasteiger partial charge is 0.343 e. The minimum absolute atomic E-state index is 0.0441. The van der Waals surface area contributed by atoms with Crippen molar-refractivity contribution in [3.63, 3.8) is 0 Å². The number of nitrogens with zero attached hydrogens (tertiary/aromatic N) is 1. The maximum Gasteiger partial charge on any atom is 0.343 e. The van der Waals surface area contributed by atoms with E-state index in [1.54, 1.807) is 23.2 Å². The monoisotopic (exact) mass is 470 g/mol. The van der Waals surface area contributed by atoms with Crippen molar-refractivity contribution >= 4 is 41.9 Å². The van der Waals surface area contributed by atoms with Crippen LogP contribution in [0.3, 0.4) is 0 Å². The number of benzene rings is 2. The molecule has 2 N–H and O–H groups in total. The second kappa shape index (κ2) is 8.20. The van der Waals surface area contributed by atoms with Gasteiger partial charge in [0, 0.05) is 29.2 Å². The Morgan fingerprint density at radius 3 is 2.63 bits per heavy atom. The zero-order valence-electron chi connectivity index (χ0n) is 19.5. The van der Waals surface area contributed by atoms with Gasteiger partial charge in [0.25, 0.3) is 0 Å². The fraction of sp³-hybridized carbons (Fsp3) is 0.192. The van der Waals surface area contributed by atoms with E-state index >= 15 is 0 Å². The molecule has 0 fully saturated rings. The third-order valence-corrected chi connectivity index (χ3v) is 6.74. The molecule has 2 aliphatic heterocycles. The molecule has 0 saturated carbocycles. The van der Waals surface area contributed by atoms with Gasteiger partial charge in [-0.15, -0.1) is 0 Å². The molecule has 0 radical (unpaired) electrons. The molecule has 2 aliphatic rings. The average Bonchev–Trinajstić information content (AvgIpc) is 3.27.